The Balaban J connectivity index is 2.10. The van der Waals surface area contributed by atoms with Gasteiger partial charge >= 0.3 is 0 Å². The van der Waals surface area contributed by atoms with Gasteiger partial charge in [-0.25, -0.2) is 4.98 Å². The first-order valence-corrected chi connectivity index (χ1v) is 8.27. The highest BCUT2D eigenvalue weighted by atomic mass is 32.2. The normalized spacial score (nSPS) is 10.9. The van der Waals surface area contributed by atoms with Gasteiger partial charge in [0.15, 0.2) is 11.4 Å². The van der Waals surface area contributed by atoms with E-state index in [1.807, 2.05) is 19.1 Å². The Hall–Kier alpha value is -2.45. The molecule has 0 aliphatic rings. The van der Waals surface area contributed by atoms with Crippen LogP contribution in [-0.2, 0) is 6.42 Å². The lowest BCUT2D eigenvalue weighted by molar-refractivity contribution is 0.112. The summed E-state index contributed by atoms with van der Waals surface area (Å²) in [4.78, 5) is 28.5. The molecule has 0 fully saturated rings. The van der Waals surface area contributed by atoms with Crippen molar-refractivity contribution in [1.82, 2.24) is 19.9 Å². The van der Waals surface area contributed by atoms with Gasteiger partial charge in [-0.2, -0.15) is 4.98 Å². The number of aliphatic hydroxyl groups is 1. The molecule has 0 aromatic carbocycles. The number of carbonyl (C=O) groups is 1. The molecule has 3 heterocycles. The molecule has 7 nitrogen and oxygen atoms in total. The van der Waals surface area contributed by atoms with Crippen molar-refractivity contribution in [2.45, 2.75) is 23.4 Å². The lowest BCUT2D eigenvalue weighted by Gasteiger charge is -2.07. The molecule has 124 valence electrons. The Kier molecular flexibility index (Phi) is 5.07. The highest BCUT2D eigenvalue weighted by Gasteiger charge is 2.19. The van der Waals surface area contributed by atoms with E-state index in [4.69, 9.17) is 9.84 Å². The predicted octanol–water partition coefficient (Wildman–Crippen LogP) is 2.25. The van der Waals surface area contributed by atoms with E-state index in [9.17, 15) is 4.79 Å². The van der Waals surface area contributed by atoms with Crippen molar-refractivity contribution in [3.8, 4) is 5.88 Å². The van der Waals surface area contributed by atoms with Gasteiger partial charge in [-0.15, -0.1) is 0 Å². The number of H-pyrrole nitrogens is 1. The van der Waals surface area contributed by atoms with E-state index in [-0.39, 0.29) is 13.2 Å². The Morgan fingerprint density at radius 2 is 2.29 bits per heavy atom. The Morgan fingerprint density at radius 3 is 2.96 bits per heavy atom. The molecule has 2 N–H and O–H groups in total. The van der Waals surface area contributed by atoms with Crippen molar-refractivity contribution < 1.29 is 14.6 Å². The molecular formula is C16H16N4O3S. The summed E-state index contributed by atoms with van der Waals surface area (Å²) in [7, 11) is 0. The molecule has 3 aromatic rings. The van der Waals surface area contributed by atoms with Gasteiger partial charge in [-0.05, 0) is 30.3 Å². The number of nitrogens with one attached hydrogen (secondary N) is 1. The van der Waals surface area contributed by atoms with E-state index in [0.29, 0.717) is 34.1 Å². The number of aromatic nitrogens is 4. The minimum atomic E-state index is -0.141. The quantitative estimate of drug-likeness (QED) is 0.501. The summed E-state index contributed by atoms with van der Waals surface area (Å²) in [6.45, 7) is 1.90. The highest BCUT2D eigenvalue weighted by Crippen LogP contribution is 2.32. The van der Waals surface area contributed by atoms with Crippen LogP contribution in [0, 0.1) is 0 Å². The number of rotatable bonds is 7. The molecule has 0 radical (unpaired) electrons. The first-order valence-electron chi connectivity index (χ1n) is 7.46. The zero-order chi connectivity index (χ0) is 16.9. The number of pyridine rings is 1. The number of carbonyl (C=O) groups excluding carboxylic acids is 1. The third kappa shape index (κ3) is 3.24. The first-order chi connectivity index (χ1) is 11.8. The number of ether oxygens (including phenoxy) is 1. The Bertz CT molecular complexity index is 851. The number of aromatic amines is 1. The van der Waals surface area contributed by atoms with Crippen LogP contribution >= 0.6 is 11.8 Å². The molecule has 0 amide bonds. The molecule has 0 bridgehead atoms. The highest BCUT2D eigenvalue weighted by molar-refractivity contribution is 7.99. The summed E-state index contributed by atoms with van der Waals surface area (Å²) in [5.41, 5.74) is 1.83. The van der Waals surface area contributed by atoms with Crippen LogP contribution in [0.1, 0.15) is 23.0 Å². The van der Waals surface area contributed by atoms with Crippen LogP contribution in [0.15, 0.2) is 34.6 Å². The molecule has 0 aliphatic carbocycles. The second-order valence-corrected chi connectivity index (χ2v) is 5.93. The summed E-state index contributed by atoms with van der Waals surface area (Å²) < 4.78 is 5.54. The van der Waals surface area contributed by atoms with Crippen molar-refractivity contribution in [3.05, 3.63) is 35.8 Å². The molecule has 0 aliphatic heterocycles. The van der Waals surface area contributed by atoms with Crippen LogP contribution in [0.2, 0.25) is 0 Å². The van der Waals surface area contributed by atoms with Gasteiger partial charge in [-0.1, -0.05) is 6.92 Å². The zero-order valence-corrected chi connectivity index (χ0v) is 13.8. The number of hydrogen-bond donors (Lipinski definition) is 2. The van der Waals surface area contributed by atoms with Gasteiger partial charge in [-0.3, -0.25) is 9.78 Å². The van der Waals surface area contributed by atoms with E-state index >= 15 is 0 Å². The van der Waals surface area contributed by atoms with E-state index in [0.717, 1.165) is 16.9 Å². The fraction of sp³-hybridized carbons (Fsp3) is 0.250. The number of aldehydes is 1. The molecule has 0 atom stereocenters. The van der Waals surface area contributed by atoms with E-state index in [2.05, 4.69) is 19.9 Å². The predicted molar refractivity (Wildman–Crippen MR) is 89.6 cm³/mol. The number of hydrogen-bond acceptors (Lipinski definition) is 7. The number of fused-ring (bicyclic) bond motifs is 1. The summed E-state index contributed by atoms with van der Waals surface area (Å²) in [5, 5.41) is 10.0. The average Bonchev–Trinajstić information content (AvgIpc) is 2.98. The smallest absolute Gasteiger partial charge is 0.227 e. The van der Waals surface area contributed by atoms with Crippen molar-refractivity contribution in [1.29, 1.82) is 0 Å². The molecule has 0 saturated heterocycles. The molecule has 3 rings (SSSR count). The van der Waals surface area contributed by atoms with Gasteiger partial charge in [0.2, 0.25) is 5.88 Å². The Morgan fingerprint density at radius 1 is 1.42 bits per heavy atom. The second kappa shape index (κ2) is 7.41. The van der Waals surface area contributed by atoms with E-state index < -0.39 is 0 Å². The minimum absolute atomic E-state index is 0.0913. The molecule has 0 spiro atoms. The lowest BCUT2D eigenvalue weighted by atomic mass is 10.2. The largest absolute Gasteiger partial charge is 0.475 e. The fourth-order valence-corrected chi connectivity index (χ4v) is 3.07. The van der Waals surface area contributed by atoms with Crippen LogP contribution in [0.5, 0.6) is 5.88 Å². The van der Waals surface area contributed by atoms with E-state index in [1.54, 1.807) is 12.4 Å². The monoisotopic (exact) mass is 344 g/mol. The van der Waals surface area contributed by atoms with Gasteiger partial charge < -0.3 is 14.8 Å². The van der Waals surface area contributed by atoms with Gasteiger partial charge in [0.25, 0.3) is 0 Å². The van der Waals surface area contributed by atoms with E-state index in [1.165, 1.54) is 11.8 Å². The van der Waals surface area contributed by atoms with Gasteiger partial charge in [0.05, 0.1) is 17.6 Å². The zero-order valence-electron chi connectivity index (χ0n) is 13.0. The maximum Gasteiger partial charge on any atom is 0.227 e. The Labute approximate surface area is 142 Å². The first kappa shape index (κ1) is 16.4. The molecule has 24 heavy (non-hydrogen) atoms. The molecular weight excluding hydrogens is 328 g/mol. The van der Waals surface area contributed by atoms with Crippen LogP contribution in [0.25, 0.3) is 11.0 Å². The standard InChI is InChI=1S/C16H16N4O3S/c1-2-12-11(9-22)13-14(18-12)19-16(20-15(13)23-7-6-21)24-10-4-3-5-17-8-10/h3-5,8-9,21H,2,6-7H2,1H3,(H,18,19,20). The van der Waals surface area contributed by atoms with Crippen LogP contribution in [-0.4, -0.2) is 44.5 Å². The van der Waals surface area contributed by atoms with Crippen molar-refractivity contribution >= 4 is 29.1 Å². The second-order valence-electron chi connectivity index (χ2n) is 4.89. The summed E-state index contributed by atoms with van der Waals surface area (Å²) in [6.07, 6.45) is 4.85. The van der Waals surface area contributed by atoms with Gasteiger partial charge in [0, 0.05) is 23.0 Å². The van der Waals surface area contributed by atoms with Crippen LogP contribution < -0.4 is 4.74 Å². The molecule has 0 unspecified atom stereocenters. The van der Waals surface area contributed by atoms with Crippen molar-refractivity contribution in [2.24, 2.45) is 0 Å². The molecule has 8 heteroatoms. The number of aliphatic hydroxyl groups excluding tert-OH is 1. The minimum Gasteiger partial charge on any atom is -0.475 e. The summed E-state index contributed by atoms with van der Waals surface area (Å²) >= 11 is 1.34. The van der Waals surface area contributed by atoms with Crippen LogP contribution in [0.3, 0.4) is 0 Å². The SMILES string of the molecule is CCc1[nH]c2nc(Sc3cccnc3)nc(OCCO)c2c1C=O. The third-order valence-electron chi connectivity index (χ3n) is 3.36. The van der Waals surface area contributed by atoms with Crippen molar-refractivity contribution in [3.63, 3.8) is 0 Å². The fourth-order valence-electron chi connectivity index (χ4n) is 2.33. The average molecular weight is 344 g/mol. The third-order valence-corrected chi connectivity index (χ3v) is 4.21. The van der Waals surface area contributed by atoms with Crippen LogP contribution in [0.4, 0.5) is 0 Å². The maximum absolute atomic E-state index is 11.5. The summed E-state index contributed by atoms with van der Waals surface area (Å²) in [6, 6.07) is 3.74. The maximum atomic E-state index is 11.5. The number of nitrogens with zero attached hydrogens (tertiary/aromatic N) is 3. The number of aryl methyl sites for hydroxylation is 1. The summed E-state index contributed by atoms with van der Waals surface area (Å²) in [5.74, 6) is 0.290. The molecule has 3 aromatic heterocycles. The lowest BCUT2D eigenvalue weighted by Crippen LogP contribution is -2.05. The topological polar surface area (TPSA) is 101 Å². The molecule has 0 saturated carbocycles. The van der Waals surface area contributed by atoms with Gasteiger partial charge in [0.1, 0.15) is 12.3 Å². The van der Waals surface area contributed by atoms with Crippen molar-refractivity contribution in [2.75, 3.05) is 13.2 Å².